The summed E-state index contributed by atoms with van der Waals surface area (Å²) in [5.74, 6) is 0.823. The summed E-state index contributed by atoms with van der Waals surface area (Å²) < 4.78 is 27.4. The molecule has 1 unspecified atom stereocenters. The molecule has 0 spiro atoms. The van der Waals surface area contributed by atoms with Crippen molar-refractivity contribution in [3.05, 3.63) is 29.8 Å². The molecular formula is C12H17ClO3S. The first kappa shape index (κ1) is 14.3. The zero-order chi connectivity index (χ0) is 13.1. The van der Waals surface area contributed by atoms with Crippen LogP contribution in [-0.2, 0) is 9.05 Å². The van der Waals surface area contributed by atoms with Crippen molar-refractivity contribution >= 4 is 19.7 Å². The average molecular weight is 277 g/mol. The zero-order valence-electron chi connectivity index (χ0n) is 10.2. The number of halogens is 1. The average Bonchev–Trinajstić information content (AvgIpc) is 2.25. The predicted molar refractivity (Wildman–Crippen MR) is 70.2 cm³/mol. The van der Waals surface area contributed by atoms with Gasteiger partial charge in [0.15, 0.2) is 0 Å². The van der Waals surface area contributed by atoms with Crippen LogP contribution in [-0.4, -0.2) is 21.3 Å². The number of ether oxygens (including phenoxy) is 1. The van der Waals surface area contributed by atoms with Gasteiger partial charge in [0.05, 0.1) is 12.9 Å². The quantitative estimate of drug-likeness (QED) is 0.777. The molecular weight excluding hydrogens is 260 g/mol. The fourth-order valence-corrected chi connectivity index (χ4v) is 3.15. The SMILES string of the molecule is COc1ccc(C(CS(=O)(=O)Cl)C(C)C)cc1. The maximum Gasteiger partial charge on any atom is 0.233 e. The monoisotopic (exact) mass is 276 g/mol. The zero-order valence-corrected chi connectivity index (χ0v) is 11.8. The van der Waals surface area contributed by atoms with Crippen molar-refractivity contribution in [2.75, 3.05) is 12.9 Å². The van der Waals surface area contributed by atoms with E-state index in [1.165, 1.54) is 0 Å². The number of methoxy groups -OCH3 is 1. The first-order chi connectivity index (χ1) is 7.83. The molecule has 1 aromatic carbocycles. The van der Waals surface area contributed by atoms with Gasteiger partial charge in [-0.25, -0.2) is 8.42 Å². The van der Waals surface area contributed by atoms with E-state index in [1.54, 1.807) is 7.11 Å². The molecule has 0 aromatic heterocycles. The molecule has 0 saturated heterocycles. The summed E-state index contributed by atoms with van der Waals surface area (Å²) >= 11 is 0. The molecule has 96 valence electrons. The topological polar surface area (TPSA) is 43.4 Å². The van der Waals surface area contributed by atoms with Crippen LogP contribution in [0.5, 0.6) is 5.75 Å². The maximum atomic E-state index is 11.2. The highest BCUT2D eigenvalue weighted by Crippen LogP contribution is 2.28. The summed E-state index contributed by atoms with van der Waals surface area (Å²) in [6.45, 7) is 3.97. The van der Waals surface area contributed by atoms with E-state index in [2.05, 4.69) is 0 Å². The normalized spacial score (nSPS) is 13.7. The number of hydrogen-bond acceptors (Lipinski definition) is 3. The lowest BCUT2D eigenvalue weighted by Crippen LogP contribution is -2.15. The van der Waals surface area contributed by atoms with Gasteiger partial charge in [-0.05, 0) is 23.6 Å². The molecule has 1 atom stereocenters. The molecule has 0 N–H and O–H groups in total. The molecule has 1 rings (SSSR count). The maximum absolute atomic E-state index is 11.2. The highest BCUT2D eigenvalue weighted by Gasteiger charge is 2.22. The van der Waals surface area contributed by atoms with E-state index < -0.39 is 9.05 Å². The summed E-state index contributed by atoms with van der Waals surface area (Å²) in [5.41, 5.74) is 0.963. The van der Waals surface area contributed by atoms with E-state index >= 15 is 0 Å². The van der Waals surface area contributed by atoms with E-state index in [0.29, 0.717) is 0 Å². The fraction of sp³-hybridized carbons (Fsp3) is 0.500. The lowest BCUT2D eigenvalue weighted by Gasteiger charge is -2.20. The van der Waals surface area contributed by atoms with E-state index in [4.69, 9.17) is 15.4 Å². The van der Waals surface area contributed by atoms with E-state index in [0.717, 1.165) is 11.3 Å². The third-order valence-electron chi connectivity index (χ3n) is 2.73. The second-order valence-electron chi connectivity index (χ2n) is 4.33. The predicted octanol–water partition coefficient (Wildman–Crippen LogP) is 3.00. The van der Waals surface area contributed by atoms with Gasteiger partial charge in [0.2, 0.25) is 9.05 Å². The largest absolute Gasteiger partial charge is 0.497 e. The molecule has 0 aliphatic heterocycles. The molecule has 1 aromatic rings. The van der Waals surface area contributed by atoms with Crippen LogP contribution in [0.4, 0.5) is 0 Å². The van der Waals surface area contributed by atoms with Crippen molar-refractivity contribution in [3.63, 3.8) is 0 Å². The lowest BCUT2D eigenvalue weighted by atomic mass is 9.90. The molecule has 0 saturated carbocycles. The Kier molecular flexibility index (Phi) is 4.83. The van der Waals surface area contributed by atoms with Crippen LogP contribution in [0, 0.1) is 5.92 Å². The Morgan fingerprint density at radius 3 is 2.12 bits per heavy atom. The van der Waals surface area contributed by atoms with Crippen molar-refractivity contribution in [3.8, 4) is 5.75 Å². The van der Waals surface area contributed by atoms with Gasteiger partial charge < -0.3 is 4.74 Å². The van der Waals surface area contributed by atoms with E-state index in [9.17, 15) is 8.42 Å². The van der Waals surface area contributed by atoms with Crippen LogP contribution < -0.4 is 4.74 Å². The van der Waals surface area contributed by atoms with E-state index in [1.807, 2.05) is 38.1 Å². The Balaban J connectivity index is 2.97. The van der Waals surface area contributed by atoms with Gasteiger partial charge in [0, 0.05) is 16.6 Å². The van der Waals surface area contributed by atoms with Gasteiger partial charge in [-0.3, -0.25) is 0 Å². The molecule has 0 bridgehead atoms. The Morgan fingerprint density at radius 1 is 1.24 bits per heavy atom. The van der Waals surface area contributed by atoms with Gasteiger partial charge in [0.25, 0.3) is 0 Å². The molecule has 5 heteroatoms. The molecule has 0 radical (unpaired) electrons. The Bertz CT molecular complexity index is 451. The molecule has 0 aliphatic carbocycles. The molecule has 0 fully saturated rings. The first-order valence-electron chi connectivity index (χ1n) is 5.40. The smallest absolute Gasteiger partial charge is 0.233 e. The van der Waals surface area contributed by atoms with Crippen molar-refractivity contribution in [1.82, 2.24) is 0 Å². The first-order valence-corrected chi connectivity index (χ1v) is 7.87. The fourth-order valence-electron chi connectivity index (χ4n) is 1.74. The second-order valence-corrected chi connectivity index (χ2v) is 7.15. The minimum atomic E-state index is -3.49. The summed E-state index contributed by atoms with van der Waals surface area (Å²) in [6, 6.07) is 7.41. The minimum absolute atomic E-state index is 0.0431. The molecule has 17 heavy (non-hydrogen) atoms. The summed E-state index contributed by atoms with van der Waals surface area (Å²) in [6.07, 6.45) is 0. The van der Waals surface area contributed by atoms with E-state index in [-0.39, 0.29) is 17.6 Å². The number of hydrogen-bond donors (Lipinski definition) is 0. The second kappa shape index (κ2) is 5.74. The summed E-state index contributed by atoms with van der Waals surface area (Å²) in [7, 11) is 3.43. The van der Waals surface area contributed by atoms with Gasteiger partial charge in [-0.1, -0.05) is 26.0 Å². The third-order valence-corrected chi connectivity index (χ3v) is 3.86. The van der Waals surface area contributed by atoms with Gasteiger partial charge >= 0.3 is 0 Å². The highest BCUT2D eigenvalue weighted by molar-refractivity contribution is 8.13. The molecule has 0 amide bonds. The van der Waals surface area contributed by atoms with Gasteiger partial charge in [-0.15, -0.1) is 0 Å². The van der Waals surface area contributed by atoms with Crippen molar-refractivity contribution in [2.45, 2.75) is 19.8 Å². The van der Waals surface area contributed by atoms with Gasteiger partial charge in [0.1, 0.15) is 5.75 Å². The molecule has 0 heterocycles. The molecule has 0 aliphatic rings. The van der Waals surface area contributed by atoms with Crippen LogP contribution in [0.25, 0.3) is 0 Å². The van der Waals surface area contributed by atoms with Crippen LogP contribution in [0.15, 0.2) is 24.3 Å². The van der Waals surface area contributed by atoms with Crippen LogP contribution >= 0.6 is 10.7 Å². The molecule has 3 nitrogen and oxygen atoms in total. The third kappa shape index (κ3) is 4.56. The van der Waals surface area contributed by atoms with Crippen molar-refractivity contribution < 1.29 is 13.2 Å². The number of rotatable bonds is 5. The van der Waals surface area contributed by atoms with Crippen molar-refractivity contribution in [1.29, 1.82) is 0 Å². The van der Waals surface area contributed by atoms with Crippen LogP contribution in [0.2, 0.25) is 0 Å². The standard InChI is InChI=1S/C12H17ClO3S/c1-9(2)12(8-17(13,14)15)10-4-6-11(16-3)7-5-10/h4-7,9,12H,8H2,1-3H3. The summed E-state index contributed by atoms with van der Waals surface area (Å²) in [4.78, 5) is 0. The summed E-state index contributed by atoms with van der Waals surface area (Å²) in [5, 5.41) is 0. The van der Waals surface area contributed by atoms with Gasteiger partial charge in [-0.2, -0.15) is 0 Å². The minimum Gasteiger partial charge on any atom is -0.497 e. The highest BCUT2D eigenvalue weighted by atomic mass is 35.7. The Labute approximate surface area is 107 Å². The van der Waals surface area contributed by atoms with Crippen LogP contribution in [0.1, 0.15) is 25.3 Å². The number of benzene rings is 1. The van der Waals surface area contributed by atoms with Crippen LogP contribution in [0.3, 0.4) is 0 Å². The Morgan fingerprint density at radius 2 is 1.76 bits per heavy atom. The Hall–Kier alpha value is -0.740. The van der Waals surface area contributed by atoms with Crippen molar-refractivity contribution in [2.24, 2.45) is 5.92 Å². The lowest BCUT2D eigenvalue weighted by molar-refractivity contribution is 0.414.